The number of Topliss-reactive ketones (excluding diaryl/α,β-unsaturated/α-hetero) is 1. The first-order valence-electron chi connectivity index (χ1n) is 12.2. The van der Waals surface area contributed by atoms with Crippen molar-refractivity contribution >= 4 is 17.6 Å². The summed E-state index contributed by atoms with van der Waals surface area (Å²) in [5.74, 6) is 2.66. The lowest BCUT2D eigenvalue weighted by atomic mass is 9.74. The molecule has 3 aliphatic rings. The molecular weight excluding hydrogens is 390 g/mol. The van der Waals surface area contributed by atoms with Gasteiger partial charge in [0.25, 0.3) is 0 Å². The Hall–Kier alpha value is -1.43. The monoisotopic (exact) mass is 433 g/mol. The second-order valence-corrected chi connectivity index (χ2v) is 12.0. The average Bonchev–Trinajstić information content (AvgIpc) is 3.04. The van der Waals surface area contributed by atoms with E-state index < -0.39 is 11.5 Å². The van der Waals surface area contributed by atoms with Crippen LogP contribution in [-0.4, -0.2) is 42.3 Å². The summed E-state index contributed by atoms with van der Waals surface area (Å²) in [5.41, 5.74) is -0.256. The number of hydrogen-bond acceptors (Lipinski definition) is 4. The zero-order valence-electron chi connectivity index (χ0n) is 20.7. The quantitative estimate of drug-likeness (QED) is 0.522. The molecule has 0 radical (unpaired) electrons. The van der Waals surface area contributed by atoms with Gasteiger partial charge in [0.1, 0.15) is 0 Å². The summed E-state index contributed by atoms with van der Waals surface area (Å²) in [5, 5.41) is 9.57. The Morgan fingerprint density at radius 2 is 1.74 bits per heavy atom. The zero-order valence-corrected chi connectivity index (χ0v) is 20.7. The van der Waals surface area contributed by atoms with Crippen molar-refractivity contribution in [1.29, 1.82) is 0 Å². The summed E-state index contributed by atoms with van der Waals surface area (Å²) in [6.07, 6.45) is 2.53. The van der Waals surface area contributed by atoms with Crippen molar-refractivity contribution in [2.45, 2.75) is 92.8 Å². The third kappa shape index (κ3) is 4.55. The van der Waals surface area contributed by atoms with Gasteiger partial charge >= 0.3 is 0 Å². The van der Waals surface area contributed by atoms with E-state index in [1.165, 1.54) is 0 Å². The van der Waals surface area contributed by atoms with Crippen molar-refractivity contribution in [3.63, 3.8) is 0 Å². The first kappa shape index (κ1) is 24.2. The third-order valence-electron chi connectivity index (χ3n) is 8.23. The summed E-state index contributed by atoms with van der Waals surface area (Å²) in [7, 11) is 0. The molecule has 1 aliphatic heterocycles. The van der Waals surface area contributed by atoms with Crippen molar-refractivity contribution in [3.8, 4) is 0 Å². The third-order valence-corrected chi connectivity index (χ3v) is 8.23. The Balaban J connectivity index is 1.48. The van der Waals surface area contributed by atoms with E-state index in [0.717, 1.165) is 19.4 Å². The maximum Gasteiger partial charge on any atom is 0.238 e. The summed E-state index contributed by atoms with van der Waals surface area (Å²) in [6.45, 7) is 17.0. The fraction of sp³-hybridized carbons (Fsp3) is 0.880. The summed E-state index contributed by atoms with van der Waals surface area (Å²) in [4.78, 5) is 37.5. The lowest BCUT2D eigenvalue weighted by Crippen LogP contribution is -2.51. The van der Waals surface area contributed by atoms with Gasteiger partial charge in [0.2, 0.25) is 11.8 Å². The molecule has 3 rings (SSSR count). The molecule has 6 heteroatoms. The average molecular weight is 434 g/mol. The molecular formula is C25H43N3O3. The van der Waals surface area contributed by atoms with Crippen LogP contribution in [0.4, 0.5) is 0 Å². The highest BCUT2D eigenvalue weighted by molar-refractivity contribution is 5.93. The molecule has 2 saturated carbocycles. The molecule has 31 heavy (non-hydrogen) atoms. The molecule has 0 aromatic carbocycles. The van der Waals surface area contributed by atoms with E-state index >= 15 is 0 Å². The molecule has 2 amide bonds. The summed E-state index contributed by atoms with van der Waals surface area (Å²) < 4.78 is 0. The molecule has 1 saturated heterocycles. The van der Waals surface area contributed by atoms with Crippen LogP contribution in [0.5, 0.6) is 0 Å². The van der Waals surface area contributed by atoms with Crippen LogP contribution in [0.1, 0.15) is 74.7 Å². The van der Waals surface area contributed by atoms with Crippen LogP contribution in [-0.2, 0) is 14.4 Å². The molecule has 176 valence electrons. The van der Waals surface area contributed by atoms with Crippen molar-refractivity contribution < 1.29 is 14.4 Å². The van der Waals surface area contributed by atoms with Crippen LogP contribution in [0.25, 0.3) is 0 Å². The summed E-state index contributed by atoms with van der Waals surface area (Å²) in [6, 6.07) is -0.353. The minimum atomic E-state index is -0.478. The Morgan fingerprint density at radius 3 is 2.29 bits per heavy atom. The van der Waals surface area contributed by atoms with Gasteiger partial charge in [0, 0.05) is 24.4 Å². The maximum atomic E-state index is 12.9. The largest absolute Gasteiger partial charge is 0.356 e. The van der Waals surface area contributed by atoms with Crippen LogP contribution in [0.2, 0.25) is 0 Å². The van der Waals surface area contributed by atoms with E-state index in [1.807, 2.05) is 20.8 Å². The first-order valence-corrected chi connectivity index (χ1v) is 12.2. The van der Waals surface area contributed by atoms with Crippen molar-refractivity contribution in [2.75, 3.05) is 6.54 Å². The maximum absolute atomic E-state index is 12.9. The highest BCUT2D eigenvalue weighted by Gasteiger charge is 2.79. The van der Waals surface area contributed by atoms with Crippen LogP contribution >= 0.6 is 0 Å². The minimum absolute atomic E-state index is 0.0524. The van der Waals surface area contributed by atoms with Gasteiger partial charge in [-0.3, -0.25) is 14.4 Å². The van der Waals surface area contributed by atoms with E-state index in [9.17, 15) is 14.4 Å². The molecule has 3 N–H and O–H groups in total. The standard InChI is InChI=1S/C25H43N3O3/c1-13(2)10-12-26-16(29)9-11-25(8)18-17-14(3)20(28-21(17)19(18)25)23(31)27-15(4)22(30)24(5,6)7/h13-15,17-21,28H,9-12H2,1-8H3,(H,26,29)(H,27,31)/t14?,15-,17?,18?,19?,20?,21?,25+/m0/s1. The van der Waals surface area contributed by atoms with Crippen LogP contribution < -0.4 is 16.0 Å². The number of fused-ring (bicyclic) bond motifs is 4. The lowest BCUT2D eigenvalue weighted by molar-refractivity contribution is -0.132. The van der Waals surface area contributed by atoms with E-state index in [4.69, 9.17) is 0 Å². The predicted octanol–water partition coefficient (Wildman–Crippen LogP) is 2.91. The molecule has 0 aromatic rings. The molecule has 0 spiro atoms. The Kier molecular flexibility index (Phi) is 6.63. The number of hydrogen-bond donors (Lipinski definition) is 3. The van der Waals surface area contributed by atoms with Crippen LogP contribution in [0.3, 0.4) is 0 Å². The molecule has 0 bridgehead atoms. The van der Waals surface area contributed by atoms with Gasteiger partial charge in [0.15, 0.2) is 5.78 Å². The number of amides is 2. The Morgan fingerprint density at radius 1 is 1.10 bits per heavy atom. The number of rotatable bonds is 9. The molecule has 1 heterocycles. The highest BCUT2D eigenvalue weighted by atomic mass is 16.2. The smallest absolute Gasteiger partial charge is 0.238 e. The number of ketones is 1. The fourth-order valence-electron chi connectivity index (χ4n) is 6.36. The second kappa shape index (κ2) is 8.49. The number of carbonyl (C=O) groups excluding carboxylic acids is 3. The Bertz CT molecular complexity index is 728. The van der Waals surface area contributed by atoms with Crippen molar-refractivity contribution in [3.05, 3.63) is 0 Å². The molecule has 2 aliphatic carbocycles. The van der Waals surface area contributed by atoms with Gasteiger partial charge in [0.05, 0.1) is 12.1 Å². The van der Waals surface area contributed by atoms with Gasteiger partial charge in [-0.1, -0.05) is 48.5 Å². The highest BCUT2D eigenvalue weighted by Crippen LogP contribution is 2.77. The molecule has 0 aromatic heterocycles. The zero-order chi connectivity index (χ0) is 23.3. The van der Waals surface area contributed by atoms with Gasteiger partial charge in [-0.2, -0.15) is 0 Å². The van der Waals surface area contributed by atoms with E-state index in [-0.39, 0.29) is 35.0 Å². The fourth-order valence-corrected chi connectivity index (χ4v) is 6.36. The number of nitrogens with one attached hydrogen (secondary N) is 3. The normalized spacial score (nSPS) is 36.8. The molecule has 6 unspecified atom stereocenters. The van der Waals surface area contributed by atoms with Crippen molar-refractivity contribution in [2.24, 2.45) is 40.4 Å². The number of carbonyl (C=O) groups is 3. The van der Waals surface area contributed by atoms with E-state index in [2.05, 4.69) is 43.6 Å². The van der Waals surface area contributed by atoms with Crippen LogP contribution in [0.15, 0.2) is 0 Å². The molecule has 3 fully saturated rings. The topological polar surface area (TPSA) is 87.3 Å². The second-order valence-electron chi connectivity index (χ2n) is 12.0. The minimum Gasteiger partial charge on any atom is -0.356 e. The predicted molar refractivity (Wildman–Crippen MR) is 122 cm³/mol. The SMILES string of the molecule is CC(C)CCNC(=O)CC[C@@]1(C)C2C3NC(C(=O)N[C@@H](C)C(=O)C(C)(C)C)C(C)C3C21. The van der Waals surface area contributed by atoms with Gasteiger partial charge in [-0.15, -0.1) is 0 Å². The van der Waals surface area contributed by atoms with Gasteiger partial charge in [-0.25, -0.2) is 0 Å². The van der Waals surface area contributed by atoms with Gasteiger partial charge < -0.3 is 16.0 Å². The van der Waals surface area contributed by atoms with Crippen molar-refractivity contribution in [1.82, 2.24) is 16.0 Å². The van der Waals surface area contributed by atoms with Gasteiger partial charge in [-0.05, 0) is 54.8 Å². The molecule has 6 nitrogen and oxygen atoms in total. The molecule has 8 atom stereocenters. The van der Waals surface area contributed by atoms with Crippen LogP contribution in [0, 0.1) is 40.4 Å². The summed E-state index contributed by atoms with van der Waals surface area (Å²) >= 11 is 0. The lowest BCUT2D eigenvalue weighted by Gasteiger charge is -2.30. The first-order chi connectivity index (χ1) is 14.3. The Labute approximate surface area is 188 Å². The van der Waals surface area contributed by atoms with E-state index in [0.29, 0.717) is 36.1 Å². The van der Waals surface area contributed by atoms with E-state index in [1.54, 1.807) is 6.92 Å².